The number of carbonyl (C=O) groups is 1. The van der Waals surface area contributed by atoms with Crippen LogP contribution in [0, 0.1) is 0 Å². The highest BCUT2D eigenvalue weighted by molar-refractivity contribution is 5.87. The van der Waals surface area contributed by atoms with Crippen molar-refractivity contribution in [2.24, 2.45) is 0 Å². The molecular formula is C15H16N2O4. The lowest BCUT2D eigenvalue weighted by Crippen LogP contribution is -2.25. The summed E-state index contributed by atoms with van der Waals surface area (Å²) in [6.45, 7) is 0.834. The number of carboxylic acid groups (broad SMARTS) is 1. The maximum Gasteiger partial charge on any atom is 0.335 e. The molecule has 0 amide bonds. The van der Waals surface area contributed by atoms with Crippen LogP contribution in [0.3, 0.4) is 0 Å². The lowest BCUT2D eigenvalue weighted by Gasteiger charge is -2.06. The standard InChI is InChI=1S/C15H16N2O4/c18-14(19)11-1-5-13(6-2-11)21-10-9-16-7-8-17(15(16)20)12-3-4-12/h1-2,5-8,12H,3-4,9-10H2,(H,18,19). The molecule has 21 heavy (non-hydrogen) atoms. The highest BCUT2D eigenvalue weighted by atomic mass is 16.5. The van der Waals surface area contributed by atoms with E-state index in [0.717, 1.165) is 12.8 Å². The molecule has 0 aliphatic heterocycles. The molecule has 1 aromatic heterocycles. The Labute approximate surface area is 121 Å². The van der Waals surface area contributed by atoms with Gasteiger partial charge in [0.2, 0.25) is 0 Å². The number of aromatic nitrogens is 2. The van der Waals surface area contributed by atoms with E-state index in [9.17, 15) is 9.59 Å². The lowest BCUT2D eigenvalue weighted by atomic mass is 10.2. The van der Waals surface area contributed by atoms with Crippen LogP contribution in [0.2, 0.25) is 0 Å². The van der Waals surface area contributed by atoms with Gasteiger partial charge in [0.15, 0.2) is 0 Å². The van der Waals surface area contributed by atoms with E-state index >= 15 is 0 Å². The smallest absolute Gasteiger partial charge is 0.335 e. The van der Waals surface area contributed by atoms with Crippen LogP contribution >= 0.6 is 0 Å². The van der Waals surface area contributed by atoms with Gasteiger partial charge < -0.3 is 9.84 Å². The minimum atomic E-state index is -0.963. The molecule has 1 aliphatic rings. The average Bonchev–Trinajstić information content (AvgIpc) is 3.25. The van der Waals surface area contributed by atoms with E-state index in [4.69, 9.17) is 9.84 Å². The largest absolute Gasteiger partial charge is 0.492 e. The van der Waals surface area contributed by atoms with Crippen molar-refractivity contribution in [3.8, 4) is 5.75 Å². The number of imidazole rings is 1. The van der Waals surface area contributed by atoms with E-state index in [-0.39, 0.29) is 11.3 Å². The van der Waals surface area contributed by atoms with Crippen LogP contribution in [0.15, 0.2) is 41.5 Å². The van der Waals surface area contributed by atoms with Crippen molar-refractivity contribution in [2.75, 3.05) is 6.61 Å². The molecule has 2 aromatic rings. The van der Waals surface area contributed by atoms with E-state index in [2.05, 4.69) is 0 Å². The quantitative estimate of drug-likeness (QED) is 0.879. The van der Waals surface area contributed by atoms with Gasteiger partial charge >= 0.3 is 11.7 Å². The van der Waals surface area contributed by atoms with Crippen molar-refractivity contribution in [1.29, 1.82) is 0 Å². The van der Waals surface area contributed by atoms with Crippen molar-refractivity contribution in [1.82, 2.24) is 9.13 Å². The highest BCUT2D eigenvalue weighted by Crippen LogP contribution is 2.33. The molecule has 0 atom stereocenters. The summed E-state index contributed by atoms with van der Waals surface area (Å²) in [5, 5.41) is 8.80. The number of hydrogen-bond donors (Lipinski definition) is 1. The fourth-order valence-electron chi connectivity index (χ4n) is 2.18. The average molecular weight is 288 g/mol. The van der Waals surface area contributed by atoms with Crippen LogP contribution in [-0.2, 0) is 6.54 Å². The second-order valence-corrected chi connectivity index (χ2v) is 5.09. The normalized spacial score (nSPS) is 14.1. The third-order valence-electron chi connectivity index (χ3n) is 3.52. The Kier molecular flexibility index (Phi) is 3.51. The summed E-state index contributed by atoms with van der Waals surface area (Å²) in [4.78, 5) is 22.7. The summed E-state index contributed by atoms with van der Waals surface area (Å²) in [5.41, 5.74) is 0.224. The van der Waals surface area contributed by atoms with Gasteiger partial charge in [-0.05, 0) is 37.1 Å². The Morgan fingerprint density at radius 1 is 1.24 bits per heavy atom. The van der Waals surface area contributed by atoms with E-state index in [0.29, 0.717) is 24.9 Å². The molecule has 6 nitrogen and oxygen atoms in total. The minimum absolute atomic E-state index is 0.00215. The summed E-state index contributed by atoms with van der Waals surface area (Å²) < 4.78 is 8.92. The maximum absolute atomic E-state index is 12.0. The van der Waals surface area contributed by atoms with Crippen LogP contribution < -0.4 is 10.4 Å². The second kappa shape index (κ2) is 5.47. The summed E-state index contributed by atoms with van der Waals surface area (Å²) >= 11 is 0. The fourth-order valence-corrected chi connectivity index (χ4v) is 2.18. The van der Waals surface area contributed by atoms with Crippen molar-refractivity contribution < 1.29 is 14.6 Å². The van der Waals surface area contributed by atoms with Gasteiger partial charge in [-0.15, -0.1) is 0 Å². The molecule has 1 saturated carbocycles. The first-order chi connectivity index (χ1) is 10.1. The highest BCUT2D eigenvalue weighted by Gasteiger charge is 2.25. The van der Waals surface area contributed by atoms with E-state index in [1.807, 2.05) is 6.20 Å². The lowest BCUT2D eigenvalue weighted by molar-refractivity contribution is 0.0697. The molecule has 0 bridgehead atoms. The first-order valence-electron chi connectivity index (χ1n) is 6.88. The first-order valence-corrected chi connectivity index (χ1v) is 6.88. The number of ether oxygens (including phenoxy) is 1. The summed E-state index contributed by atoms with van der Waals surface area (Å²) in [7, 11) is 0. The predicted molar refractivity (Wildman–Crippen MR) is 75.9 cm³/mol. The van der Waals surface area contributed by atoms with Crippen LogP contribution in [-0.4, -0.2) is 26.8 Å². The molecule has 0 spiro atoms. The van der Waals surface area contributed by atoms with Gasteiger partial charge in [0.25, 0.3) is 0 Å². The van der Waals surface area contributed by atoms with Crippen LogP contribution in [0.1, 0.15) is 29.2 Å². The maximum atomic E-state index is 12.0. The number of nitrogens with zero attached hydrogens (tertiary/aromatic N) is 2. The van der Waals surface area contributed by atoms with Gasteiger partial charge in [0.1, 0.15) is 12.4 Å². The fraction of sp³-hybridized carbons (Fsp3) is 0.333. The van der Waals surface area contributed by atoms with Gasteiger partial charge in [-0.2, -0.15) is 0 Å². The summed E-state index contributed by atoms with van der Waals surface area (Å²) in [6.07, 6.45) is 5.76. The molecule has 1 heterocycles. The third kappa shape index (κ3) is 2.99. The number of carboxylic acids is 1. The summed E-state index contributed by atoms with van der Waals surface area (Å²) in [5.74, 6) is -0.371. The molecule has 0 radical (unpaired) electrons. The Hall–Kier alpha value is -2.50. The number of benzene rings is 1. The number of rotatable bonds is 6. The van der Waals surface area contributed by atoms with Crippen molar-refractivity contribution in [2.45, 2.75) is 25.4 Å². The topological polar surface area (TPSA) is 73.5 Å². The Balaban J connectivity index is 1.56. The molecule has 1 fully saturated rings. The zero-order valence-corrected chi connectivity index (χ0v) is 11.4. The Bertz CT molecular complexity index is 695. The van der Waals surface area contributed by atoms with Crippen LogP contribution in [0.5, 0.6) is 5.75 Å². The molecule has 110 valence electrons. The molecule has 0 saturated heterocycles. The van der Waals surface area contributed by atoms with Gasteiger partial charge in [-0.1, -0.05) is 0 Å². The van der Waals surface area contributed by atoms with Gasteiger partial charge in [-0.3, -0.25) is 9.13 Å². The molecule has 6 heteroatoms. The number of hydrogen-bond acceptors (Lipinski definition) is 3. The zero-order valence-electron chi connectivity index (χ0n) is 11.4. The third-order valence-corrected chi connectivity index (χ3v) is 3.52. The predicted octanol–water partition coefficient (Wildman–Crippen LogP) is 1.76. The zero-order chi connectivity index (χ0) is 14.8. The van der Waals surface area contributed by atoms with Crippen molar-refractivity contribution in [3.05, 3.63) is 52.7 Å². The SMILES string of the molecule is O=C(O)c1ccc(OCCn2ccn(C3CC3)c2=O)cc1. The molecule has 1 aromatic carbocycles. The van der Waals surface area contributed by atoms with Crippen molar-refractivity contribution in [3.63, 3.8) is 0 Å². The van der Waals surface area contributed by atoms with Gasteiger partial charge in [0, 0.05) is 18.4 Å². The number of aromatic carboxylic acids is 1. The van der Waals surface area contributed by atoms with E-state index in [1.165, 1.54) is 12.1 Å². The van der Waals surface area contributed by atoms with Gasteiger partial charge in [0.05, 0.1) is 12.1 Å². The molecule has 1 aliphatic carbocycles. The first kappa shape index (κ1) is 13.5. The Morgan fingerprint density at radius 3 is 2.57 bits per heavy atom. The molecule has 1 N–H and O–H groups in total. The molecule has 3 rings (SSSR count). The van der Waals surface area contributed by atoms with E-state index in [1.54, 1.807) is 27.5 Å². The second-order valence-electron chi connectivity index (χ2n) is 5.09. The van der Waals surface area contributed by atoms with Crippen LogP contribution in [0.4, 0.5) is 0 Å². The minimum Gasteiger partial charge on any atom is -0.492 e. The Morgan fingerprint density at radius 2 is 1.95 bits per heavy atom. The van der Waals surface area contributed by atoms with Gasteiger partial charge in [-0.25, -0.2) is 9.59 Å². The van der Waals surface area contributed by atoms with E-state index < -0.39 is 5.97 Å². The van der Waals surface area contributed by atoms with Crippen molar-refractivity contribution >= 4 is 5.97 Å². The summed E-state index contributed by atoms with van der Waals surface area (Å²) in [6, 6.07) is 6.59. The van der Waals surface area contributed by atoms with Crippen LogP contribution in [0.25, 0.3) is 0 Å². The monoisotopic (exact) mass is 288 g/mol. The molecular weight excluding hydrogens is 272 g/mol. The molecule has 0 unspecified atom stereocenters.